The van der Waals surface area contributed by atoms with E-state index >= 15 is 4.39 Å². The Labute approximate surface area is 221 Å². The molecule has 1 aliphatic carbocycles. The molecule has 39 heavy (non-hydrogen) atoms. The number of hydrogen-bond acceptors (Lipinski definition) is 7. The lowest BCUT2D eigenvalue weighted by Gasteiger charge is -2.24. The third kappa shape index (κ3) is 5.71. The minimum Gasteiger partial charge on any atom is -0.372 e. The van der Waals surface area contributed by atoms with Crippen molar-refractivity contribution < 1.29 is 41.0 Å². The van der Waals surface area contributed by atoms with Gasteiger partial charge in [0.1, 0.15) is 23.3 Å². The Morgan fingerprint density at radius 3 is 2.51 bits per heavy atom. The number of alkyl halides is 5. The van der Waals surface area contributed by atoms with Gasteiger partial charge in [0.05, 0.1) is 24.5 Å². The van der Waals surface area contributed by atoms with Crippen LogP contribution < -0.4 is 10.6 Å². The van der Waals surface area contributed by atoms with Crippen molar-refractivity contribution in [3.63, 3.8) is 0 Å². The predicted octanol–water partition coefficient (Wildman–Crippen LogP) is 4.64. The van der Waals surface area contributed by atoms with E-state index in [1.807, 2.05) is 0 Å². The third-order valence-corrected chi connectivity index (χ3v) is 7.10. The number of nitrogens with zero attached hydrogens (tertiary/aromatic N) is 2. The smallest absolute Gasteiger partial charge is 0.298 e. The van der Waals surface area contributed by atoms with Gasteiger partial charge in [0.2, 0.25) is 6.17 Å². The van der Waals surface area contributed by atoms with E-state index in [2.05, 4.69) is 20.6 Å². The van der Waals surface area contributed by atoms with Crippen molar-refractivity contribution in [3.8, 4) is 0 Å². The first-order valence-electron chi connectivity index (χ1n) is 12.8. The second-order valence-corrected chi connectivity index (χ2v) is 9.98. The average Bonchev–Trinajstić information content (AvgIpc) is 3.28. The highest BCUT2D eigenvalue weighted by Crippen LogP contribution is 2.43. The van der Waals surface area contributed by atoms with Gasteiger partial charge < -0.3 is 24.8 Å². The van der Waals surface area contributed by atoms with Crippen molar-refractivity contribution in [1.29, 1.82) is 0 Å². The van der Waals surface area contributed by atoms with Crippen LogP contribution in [-0.4, -0.2) is 53.8 Å². The van der Waals surface area contributed by atoms with E-state index in [1.54, 1.807) is 6.07 Å². The molecule has 212 valence electrons. The van der Waals surface area contributed by atoms with Crippen molar-refractivity contribution >= 4 is 11.7 Å². The summed E-state index contributed by atoms with van der Waals surface area (Å²) < 4.78 is 88.5. The van der Waals surface area contributed by atoms with E-state index in [1.165, 1.54) is 25.1 Å². The summed E-state index contributed by atoms with van der Waals surface area (Å²) in [6.45, 7) is 2.17. The number of nitrogens with one attached hydrogen (secondary N) is 2. The molecule has 1 amide bonds. The normalized spacial score (nSPS) is 21.8. The zero-order valence-corrected chi connectivity index (χ0v) is 21.2. The molecular formula is C26H29F5N4O4. The highest BCUT2D eigenvalue weighted by atomic mass is 19.3. The van der Waals surface area contributed by atoms with Crippen molar-refractivity contribution in [2.45, 2.75) is 75.6 Å². The molecule has 3 heterocycles. The number of halogens is 5. The average molecular weight is 557 g/mol. The monoisotopic (exact) mass is 556 g/mol. The first kappa shape index (κ1) is 27.7. The fraction of sp³-hybridized carbons (Fsp3) is 0.577. The number of carbonyl (C=O) groups excluding carboxylic acids is 1. The van der Waals surface area contributed by atoms with E-state index in [0.717, 1.165) is 0 Å². The quantitative estimate of drug-likeness (QED) is 0.412. The predicted molar refractivity (Wildman–Crippen MR) is 128 cm³/mol. The SMILES string of the molecule is Cc1nc(NCc2cccc(C(F)(F)C3CCCO3)c2)c(C2OCCO2)c(C(F)C(=O)NC2(C(F)F)CC2)n1. The summed E-state index contributed by atoms with van der Waals surface area (Å²) >= 11 is 0. The maximum absolute atomic E-state index is 15.5. The summed E-state index contributed by atoms with van der Waals surface area (Å²) in [4.78, 5) is 21.1. The first-order valence-corrected chi connectivity index (χ1v) is 12.8. The van der Waals surface area contributed by atoms with Gasteiger partial charge in [0, 0.05) is 18.7 Å². The summed E-state index contributed by atoms with van der Waals surface area (Å²) in [5.74, 6) is -4.25. The fourth-order valence-electron chi connectivity index (χ4n) is 4.78. The Kier molecular flexibility index (Phi) is 7.75. The van der Waals surface area contributed by atoms with Crippen LogP contribution in [0.4, 0.5) is 27.8 Å². The van der Waals surface area contributed by atoms with Gasteiger partial charge in [-0.15, -0.1) is 0 Å². The molecule has 3 fully saturated rings. The highest BCUT2D eigenvalue weighted by Gasteiger charge is 2.53. The molecule has 0 bridgehead atoms. The van der Waals surface area contributed by atoms with Crippen LogP contribution >= 0.6 is 0 Å². The molecule has 2 aromatic rings. The van der Waals surface area contributed by atoms with E-state index < -0.39 is 42.4 Å². The molecule has 0 radical (unpaired) electrons. The number of hydrogen-bond donors (Lipinski definition) is 2. The largest absolute Gasteiger partial charge is 0.372 e. The van der Waals surface area contributed by atoms with Crippen molar-refractivity contribution in [2.24, 2.45) is 0 Å². The van der Waals surface area contributed by atoms with E-state index in [-0.39, 0.29) is 67.5 Å². The number of aromatic nitrogens is 2. The number of carbonyl (C=O) groups is 1. The minimum absolute atomic E-state index is 0.00323. The molecule has 2 atom stereocenters. The third-order valence-electron chi connectivity index (χ3n) is 7.10. The second kappa shape index (κ2) is 10.9. The number of amides is 1. The molecule has 2 saturated heterocycles. The Morgan fingerprint density at radius 2 is 1.87 bits per heavy atom. The highest BCUT2D eigenvalue weighted by molar-refractivity contribution is 5.83. The maximum atomic E-state index is 15.5. The number of benzene rings is 1. The maximum Gasteiger partial charge on any atom is 0.298 e. The molecule has 13 heteroatoms. The summed E-state index contributed by atoms with van der Waals surface area (Å²) in [7, 11) is 0. The number of rotatable bonds is 10. The van der Waals surface area contributed by atoms with Gasteiger partial charge in [0.25, 0.3) is 18.3 Å². The lowest BCUT2D eigenvalue weighted by Crippen LogP contribution is -2.44. The second-order valence-electron chi connectivity index (χ2n) is 9.98. The zero-order chi connectivity index (χ0) is 27.8. The van der Waals surface area contributed by atoms with Crippen molar-refractivity contribution in [3.05, 3.63) is 52.5 Å². The van der Waals surface area contributed by atoms with Crippen LogP contribution in [0.5, 0.6) is 0 Å². The minimum atomic E-state index is -3.17. The molecule has 0 spiro atoms. The van der Waals surface area contributed by atoms with E-state index in [4.69, 9.17) is 14.2 Å². The fourth-order valence-corrected chi connectivity index (χ4v) is 4.78. The van der Waals surface area contributed by atoms with Gasteiger partial charge in [-0.05, 0) is 44.2 Å². The van der Waals surface area contributed by atoms with Crippen LogP contribution in [-0.2, 0) is 31.5 Å². The van der Waals surface area contributed by atoms with Crippen LogP contribution in [0.2, 0.25) is 0 Å². The number of ether oxygens (including phenoxy) is 3. The molecule has 1 aromatic carbocycles. The van der Waals surface area contributed by atoms with Crippen molar-refractivity contribution in [2.75, 3.05) is 25.1 Å². The van der Waals surface area contributed by atoms with Gasteiger partial charge in [-0.3, -0.25) is 4.79 Å². The lowest BCUT2D eigenvalue weighted by atomic mass is 9.99. The Balaban J connectivity index is 1.40. The topological polar surface area (TPSA) is 94.6 Å². The van der Waals surface area contributed by atoms with Gasteiger partial charge >= 0.3 is 0 Å². The Morgan fingerprint density at radius 1 is 1.13 bits per heavy atom. The summed E-state index contributed by atoms with van der Waals surface area (Å²) in [6, 6.07) is 5.84. The van der Waals surface area contributed by atoms with E-state index in [0.29, 0.717) is 18.6 Å². The van der Waals surface area contributed by atoms with Crippen LogP contribution in [0.1, 0.15) is 66.4 Å². The lowest BCUT2D eigenvalue weighted by molar-refractivity contribution is -0.129. The van der Waals surface area contributed by atoms with Gasteiger partial charge in [-0.1, -0.05) is 18.2 Å². The van der Waals surface area contributed by atoms with Gasteiger partial charge in [-0.2, -0.15) is 8.78 Å². The molecule has 3 aliphatic rings. The molecule has 2 unspecified atom stereocenters. The Bertz CT molecular complexity index is 1200. The molecule has 1 aromatic heterocycles. The summed E-state index contributed by atoms with van der Waals surface area (Å²) in [5, 5.41) is 5.12. The summed E-state index contributed by atoms with van der Waals surface area (Å²) in [5.41, 5.74) is -1.81. The standard InChI is InChI=1S/C26H29F5N4O4/c1-14-33-20(19(27)22(36)35-25(7-8-25)24(28)29)18(23-38-10-11-39-23)21(34-14)32-13-15-4-2-5-16(12-15)26(30,31)17-6-3-9-37-17/h2,4-5,12,17,19,23-24H,3,6-11,13H2,1H3,(H,35,36)(H,32,33,34). The molecule has 8 nitrogen and oxygen atoms in total. The molecule has 5 rings (SSSR count). The molecular weight excluding hydrogens is 527 g/mol. The van der Waals surface area contributed by atoms with Gasteiger partial charge in [-0.25, -0.2) is 23.1 Å². The van der Waals surface area contributed by atoms with Crippen molar-refractivity contribution in [1.82, 2.24) is 15.3 Å². The van der Waals surface area contributed by atoms with Gasteiger partial charge in [0.15, 0.2) is 6.29 Å². The number of anilines is 1. The van der Waals surface area contributed by atoms with Crippen LogP contribution in [0.3, 0.4) is 0 Å². The first-order chi connectivity index (χ1) is 18.6. The molecule has 2 N–H and O–H groups in total. The summed E-state index contributed by atoms with van der Waals surface area (Å²) in [6.07, 6.45) is -6.61. The Hall–Kier alpha value is -2.90. The van der Waals surface area contributed by atoms with Crippen LogP contribution in [0.15, 0.2) is 24.3 Å². The molecule has 2 aliphatic heterocycles. The molecule has 1 saturated carbocycles. The van der Waals surface area contributed by atoms with Crippen LogP contribution in [0.25, 0.3) is 0 Å². The van der Waals surface area contributed by atoms with E-state index in [9.17, 15) is 22.4 Å². The number of aryl methyl sites for hydroxylation is 1. The zero-order valence-electron chi connectivity index (χ0n) is 21.2. The van der Waals surface area contributed by atoms with Crippen LogP contribution in [0, 0.1) is 6.92 Å².